The molecule has 0 saturated carbocycles. The normalized spacial score (nSPS) is 18.1. The van der Waals surface area contributed by atoms with Crippen molar-refractivity contribution in [3.8, 4) is 0 Å². The topological polar surface area (TPSA) is 66.5 Å². The Morgan fingerprint density at radius 3 is 2.63 bits per heavy atom. The van der Waals surface area contributed by atoms with Gasteiger partial charge in [-0.05, 0) is 17.7 Å². The number of nitrogens with zero attached hydrogens (tertiary/aromatic N) is 1. The van der Waals surface area contributed by atoms with Crippen LogP contribution in [0.25, 0.3) is 0 Å². The first-order chi connectivity index (χ1) is 8.96. The van der Waals surface area contributed by atoms with Gasteiger partial charge < -0.3 is 10.2 Å². The molecule has 0 spiro atoms. The predicted octanol–water partition coefficient (Wildman–Crippen LogP) is 1.39. The van der Waals surface area contributed by atoms with Crippen LogP contribution in [0.3, 0.4) is 0 Å². The summed E-state index contributed by atoms with van der Waals surface area (Å²) in [5, 5.41) is 2.79. The monoisotopic (exact) mass is 346 g/mol. The SMILES string of the molecule is O=C(NCc1cccc(Br)c1)N1CCS(=O)(=O)CC1. The minimum absolute atomic E-state index is 0.0529. The average Bonchev–Trinajstić information content (AvgIpc) is 2.36. The van der Waals surface area contributed by atoms with Gasteiger partial charge in [0.2, 0.25) is 0 Å². The first-order valence-corrected chi connectivity index (χ1v) is 8.55. The lowest BCUT2D eigenvalue weighted by molar-refractivity contribution is 0.202. The van der Waals surface area contributed by atoms with Crippen LogP contribution < -0.4 is 5.32 Å². The van der Waals surface area contributed by atoms with Gasteiger partial charge in [-0.3, -0.25) is 0 Å². The van der Waals surface area contributed by atoms with E-state index in [1.54, 1.807) is 4.90 Å². The van der Waals surface area contributed by atoms with Crippen molar-refractivity contribution in [2.24, 2.45) is 0 Å². The molecule has 1 aromatic rings. The van der Waals surface area contributed by atoms with Crippen molar-refractivity contribution in [2.45, 2.75) is 6.54 Å². The Bertz CT molecular complexity index is 560. The van der Waals surface area contributed by atoms with E-state index in [0.29, 0.717) is 6.54 Å². The Hall–Kier alpha value is -1.08. The minimum atomic E-state index is -2.95. The first kappa shape index (κ1) is 14.3. The average molecular weight is 347 g/mol. The Kier molecular flexibility index (Phi) is 4.46. The quantitative estimate of drug-likeness (QED) is 0.879. The maximum atomic E-state index is 11.9. The Morgan fingerprint density at radius 1 is 1.32 bits per heavy atom. The maximum Gasteiger partial charge on any atom is 0.317 e. The van der Waals surface area contributed by atoms with Crippen molar-refractivity contribution in [1.29, 1.82) is 0 Å². The van der Waals surface area contributed by atoms with Crippen LogP contribution in [-0.2, 0) is 16.4 Å². The van der Waals surface area contributed by atoms with Crippen LogP contribution >= 0.6 is 15.9 Å². The van der Waals surface area contributed by atoms with Crippen LogP contribution in [-0.4, -0.2) is 43.9 Å². The van der Waals surface area contributed by atoms with Crippen molar-refractivity contribution in [1.82, 2.24) is 10.2 Å². The summed E-state index contributed by atoms with van der Waals surface area (Å²) in [5.41, 5.74) is 0.993. The van der Waals surface area contributed by atoms with Gasteiger partial charge in [0.25, 0.3) is 0 Å². The zero-order valence-electron chi connectivity index (χ0n) is 10.3. The van der Waals surface area contributed by atoms with Crippen LogP contribution in [0.15, 0.2) is 28.7 Å². The second-order valence-corrected chi connectivity index (χ2v) is 7.65. The van der Waals surface area contributed by atoms with Gasteiger partial charge in [-0.15, -0.1) is 0 Å². The lowest BCUT2D eigenvalue weighted by atomic mass is 10.2. The molecule has 0 aromatic heterocycles. The molecule has 19 heavy (non-hydrogen) atoms. The number of amides is 2. The summed E-state index contributed by atoms with van der Waals surface area (Å²) < 4.78 is 23.5. The molecule has 0 atom stereocenters. The van der Waals surface area contributed by atoms with Crippen LogP contribution in [0.2, 0.25) is 0 Å². The summed E-state index contributed by atoms with van der Waals surface area (Å²) in [6.07, 6.45) is 0. The summed E-state index contributed by atoms with van der Waals surface area (Å²) in [7, 11) is -2.95. The van der Waals surface area contributed by atoms with E-state index in [0.717, 1.165) is 10.0 Å². The minimum Gasteiger partial charge on any atom is -0.334 e. The fourth-order valence-electron chi connectivity index (χ4n) is 1.85. The number of halogens is 1. The van der Waals surface area contributed by atoms with Gasteiger partial charge in [-0.1, -0.05) is 28.1 Å². The lowest BCUT2D eigenvalue weighted by Crippen LogP contribution is -2.47. The number of sulfone groups is 1. The molecule has 1 aliphatic heterocycles. The maximum absolute atomic E-state index is 11.9. The van der Waals surface area contributed by atoms with Crippen molar-refractivity contribution in [3.05, 3.63) is 34.3 Å². The summed E-state index contributed by atoms with van der Waals surface area (Å²) in [6, 6.07) is 7.46. The largest absolute Gasteiger partial charge is 0.334 e. The molecule has 2 amide bonds. The van der Waals surface area contributed by atoms with E-state index in [-0.39, 0.29) is 30.6 Å². The molecule has 1 aliphatic rings. The van der Waals surface area contributed by atoms with Gasteiger partial charge in [-0.25, -0.2) is 13.2 Å². The summed E-state index contributed by atoms with van der Waals surface area (Å²) >= 11 is 3.37. The molecule has 0 aliphatic carbocycles. The highest BCUT2D eigenvalue weighted by atomic mass is 79.9. The van der Waals surface area contributed by atoms with Crippen molar-refractivity contribution >= 4 is 31.8 Å². The van der Waals surface area contributed by atoms with Crippen LogP contribution in [0.1, 0.15) is 5.56 Å². The number of urea groups is 1. The van der Waals surface area contributed by atoms with Gasteiger partial charge in [0.05, 0.1) is 11.5 Å². The lowest BCUT2D eigenvalue weighted by Gasteiger charge is -2.26. The van der Waals surface area contributed by atoms with Crippen LogP contribution in [0.4, 0.5) is 4.79 Å². The third-order valence-electron chi connectivity index (χ3n) is 2.96. The molecule has 0 radical (unpaired) electrons. The fraction of sp³-hybridized carbons (Fsp3) is 0.417. The molecule has 1 heterocycles. The van der Waals surface area contributed by atoms with E-state index in [9.17, 15) is 13.2 Å². The molecule has 1 N–H and O–H groups in total. The van der Waals surface area contributed by atoms with Crippen LogP contribution in [0, 0.1) is 0 Å². The van der Waals surface area contributed by atoms with Crippen molar-refractivity contribution in [2.75, 3.05) is 24.6 Å². The molecule has 104 valence electrons. The van der Waals surface area contributed by atoms with E-state index in [1.165, 1.54) is 0 Å². The Morgan fingerprint density at radius 2 is 2.00 bits per heavy atom. The molecule has 1 fully saturated rings. The summed E-state index contributed by atoms with van der Waals surface area (Å²) in [6.45, 7) is 0.973. The highest BCUT2D eigenvalue weighted by molar-refractivity contribution is 9.10. The Balaban J connectivity index is 1.85. The first-order valence-electron chi connectivity index (χ1n) is 5.94. The third kappa shape index (κ3) is 4.21. The van der Waals surface area contributed by atoms with Crippen molar-refractivity contribution < 1.29 is 13.2 Å². The highest BCUT2D eigenvalue weighted by Crippen LogP contribution is 2.11. The molecule has 2 rings (SSSR count). The Labute approximate surface area is 121 Å². The van der Waals surface area contributed by atoms with Gasteiger partial charge in [0, 0.05) is 24.1 Å². The highest BCUT2D eigenvalue weighted by Gasteiger charge is 2.24. The summed E-state index contributed by atoms with van der Waals surface area (Å²) in [5.74, 6) is 0.106. The van der Waals surface area contributed by atoms with Gasteiger partial charge >= 0.3 is 6.03 Å². The smallest absolute Gasteiger partial charge is 0.317 e. The van der Waals surface area contributed by atoms with Gasteiger partial charge in [0.1, 0.15) is 0 Å². The van der Waals surface area contributed by atoms with E-state index in [2.05, 4.69) is 21.2 Å². The molecular formula is C12H15BrN2O3S. The molecule has 0 bridgehead atoms. The zero-order valence-corrected chi connectivity index (χ0v) is 12.7. The number of nitrogens with one attached hydrogen (secondary N) is 1. The van der Waals surface area contributed by atoms with Gasteiger partial charge in [0.15, 0.2) is 9.84 Å². The zero-order chi connectivity index (χ0) is 13.9. The molecule has 1 aromatic carbocycles. The van der Waals surface area contributed by atoms with Crippen molar-refractivity contribution in [3.63, 3.8) is 0 Å². The standard InChI is InChI=1S/C12H15BrN2O3S/c13-11-3-1-2-10(8-11)9-14-12(16)15-4-6-19(17,18)7-5-15/h1-3,8H,4-7,9H2,(H,14,16). The number of carbonyl (C=O) groups is 1. The second kappa shape index (κ2) is 5.92. The molecular weight excluding hydrogens is 332 g/mol. The number of benzene rings is 1. The molecule has 5 nitrogen and oxygen atoms in total. The fourth-order valence-corrected chi connectivity index (χ4v) is 3.50. The second-order valence-electron chi connectivity index (χ2n) is 4.43. The summed E-state index contributed by atoms with van der Waals surface area (Å²) in [4.78, 5) is 13.4. The van der Waals surface area contributed by atoms with E-state index >= 15 is 0 Å². The van der Waals surface area contributed by atoms with E-state index in [1.807, 2.05) is 24.3 Å². The molecule has 0 unspecified atom stereocenters. The van der Waals surface area contributed by atoms with E-state index in [4.69, 9.17) is 0 Å². The van der Waals surface area contributed by atoms with Crippen LogP contribution in [0.5, 0.6) is 0 Å². The number of rotatable bonds is 2. The third-order valence-corrected chi connectivity index (χ3v) is 5.07. The van der Waals surface area contributed by atoms with Gasteiger partial charge in [-0.2, -0.15) is 0 Å². The number of hydrogen-bond acceptors (Lipinski definition) is 3. The number of hydrogen-bond donors (Lipinski definition) is 1. The molecule has 1 saturated heterocycles. The molecule has 7 heteroatoms. The van der Waals surface area contributed by atoms with E-state index < -0.39 is 9.84 Å². The number of carbonyl (C=O) groups excluding carboxylic acids is 1. The predicted molar refractivity (Wildman–Crippen MR) is 76.6 cm³/mol.